The highest BCUT2D eigenvalue weighted by Gasteiger charge is 2.30. The van der Waals surface area contributed by atoms with E-state index in [2.05, 4.69) is 45.7 Å². The van der Waals surface area contributed by atoms with Crippen molar-refractivity contribution >= 4 is 16.8 Å². The number of nitrogens with zero attached hydrogens (tertiary/aromatic N) is 1. The van der Waals surface area contributed by atoms with Crippen LogP contribution in [0.15, 0.2) is 30.5 Å². The van der Waals surface area contributed by atoms with Gasteiger partial charge in [0.2, 0.25) is 5.91 Å². The zero-order valence-electron chi connectivity index (χ0n) is 17.4. The Hall–Kier alpha value is -1.89. The lowest BCUT2D eigenvalue weighted by atomic mass is 9.89. The third-order valence-corrected chi connectivity index (χ3v) is 6.30. The Morgan fingerprint density at radius 2 is 2.03 bits per heavy atom. The predicted octanol–water partition coefficient (Wildman–Crippen LogP) is 3.05. The first kappa shape index (κ1) is 20.4. The first-order valence-corrected chi connectivity index (χ1v) is 11.0. The molecule has 0 saturated carbocycles. The molecule has 1 aromatic carbocycles. The molecule has 0 spiro atoms. The summed E-state index contributed by atoms with van der Waals surface area (Å²) in [5.41, 5.74) is 2.60. The van der Waals surface area contributed by atoms with Gasteiger partial charge in [0, 0.05) is 55.8 Å². The molecule has 2 aliphatic heterocycles. The van der Waals surface area contributed by atoms with Crippen molar-refractivity contribution in [2.75, 3.05) is 39.5 Å². The quantitative estimate of drug-likeness (QED) is 0.670. The van der Waals surface area contributed by atoms with Gasteiger partial charge in [-0.2, -0.15) is 0 Å². The Bertz CT molecular complexity index is 798. The fourth-order valence-electron chi connectivity index (χ4n) is 4.69. The largest absolute Gasteiger partial charge is 0.379 e. The number of aromatic nitrogens is 1. The van der Waals surface area contributed by atoms with Gasteiger partial charge in [0.25, 0.3) is 0 Å². The van der Waals surface area contributed by atoms with Crippen molar-refractivity contribution in [2.24, 2.45) is 0 Å². The molecule has 6 heteroatoms. The molecule has 1 aromatic heterocycles. The molecule has 2 aliphatic rings. The molecular weight excluding hydrogens is 366 g/mol. The molecule has 0 unspecified atom stereocenters. The van der Waals surface area contributed by atoms with Gasteiger partial charge in [-0.3, -0.25) is 4.79 Å². The number of H-pyrrole nitrogens is 1. The van der Waals surface area contributed by atoms with Crippen LogP contribution in [0.25, 0.3) is 10.9 Å². The van der Waals surface area contributed by atoms with E-state index in [4.69, 9.17) is 9.47 Å². The van der Waals surface area contributed by atoms with Gasteiger partial charge in [-0.15, -0.1) is 0 Å². The standard InChI is InChI=1S/C23H33N3O3/c1-2-28-11-12-29-19-13-18(24-15-19)14-23(27)26-9-7-17(8-10-26)21-16-25-22-6-4-3-5-20(21)22/h3-6,16-19,24-25H,2,7-15H2,1H3/t18-,19+/m0/s1. The average molecular weight is 400 g/mol. The van der Waals surface area contributed by atoms with E-state index < -0.39 is 0 Å². The van der Waals surface area contributed by atoms with E-state index >= 15 is 0 Å². The zero-order valence-corrected chi connectivity index (χ0v) is 17.4. The lowest BCUT2D eigenvalue weighted by Crippen LogP contribution is -2.40. The second-order valence-corrected chi connectivity index (χ2v) is 8.18. The van der Waals surface area contributed by atoms with Gasteiger partial charge in [-0.1, -0.05) is 18.2 Å². The number of aromatic amines is 1. The molecule has 158 valence electrons. The van der Waals surface area contributed by atoms with E-state index in [-0.39, 0.29) is 18.1 Å². The molecule has 2 saturated heterocycles. The fraction of sp³-hybridized carbons (Fsp3) is 0.609. The van der Waals surface area contributed by atoms with Crippen molar-refractivity contribution < 1.29 is 14.3 Å². The summed E-state index contributed by atoms with van der Waals surface area (Å²) in [4.78, 5) is 18.2. The summed E-state index contributed by atoms with van der Waals surface area (Å²) in [6.07, 6.45) is 5.90. The van der Waals surface area contributed by atoms with E-state index in [1.807, 2.05) is 6.92 Å². The number of benzene rings is 1. The van der Waals surface area contributed by atoms with Gasteiger partial charge in [-0.05, 0) is 43.7 Å². The number of rotatable bonds is 8. The summed E-state index contributed by atoms with van der Waals surface area (Å²) >= 11 is 0. The van der Waals surface area contributed by atoms with Crippen LogP contribution in [-0.4, -0.2) is 67.4 Å². The zero-order chi connectivity index (χ0) is 20.1. The molecule has 1 amide bonds. The van der Waals surface area contributed by atoms with Crippen LogP contribution in [0.5, 0.6) is 0 Å². The number of likely N-dealkylation sites (tertiary alicyclic amines) is 1. The molecule has 4 rings (SSSR count). The topological polar surface area (TPSA) is 66.6 Å². The Morgan fingerprint density at radius 3 is 2.86 bits per heavy atom. The highest BCUT2D eigenvalue weighted by atomic mass is 16.5. The molecule has 0 radical (unpaired) electrons. The molecule has 2 aromatic rings. The number of hydrogen-bond acceptors (Lipinski definition) is 4. The van der Waals surface area contributed by atoms with Gasteiger partial charge in [0.1, 0.15) is 0 Å². The number of carbonyl (C=O) groups excluding carboxylic acids is 1. The molecule has 29 heavy (non-hydrogen) atoms. The highest BCUT2D eigenvalue weighted by Crippen LogP contribution is 2.33. The number of hydrogen-bond donors (Lipinski definition) is 2. The summed E-state index contributed by atoms with van der Waals surface area (Å²) in [5, 5.41) is 4.77. The maximum atomic E-state index is 12.8. The van der Waals surface area contributed by atoms with Crippen molar-refractivity contribution in [3.63, 3.8) is 0 Å². The van der Waals surface area contributed by atoms with Crippen LogP contribution in [0, 0.1) is 0 Å². The molecular formula is C23H33N3O3. The van der Waals surface area contributed by atoms with Crippen LogP contribution in [0.3, 0.4) is 0 Å². The molecule has 2 fully saturated rings. The molecule has 0 bridgehead atoms. The van der Waals surface area contributed by atoms with Crippen molar-refractivity contribution in [2.45, 2.75) is 50.7 Å². The Kier molecular flexibility index (Phi) is 6.85. The average Bonchev–Trinajstić information content (AvgIpc) is 3.38. The molecule has 3 heterocycles. The van der Waals surface area contributed by atoms with Gasteiger partial charge < -0.3 is 24.7 Å². The van der Waals surface area contributed by atoms with Crippen molar-refractivity contribution in [3.05, 3.63) is 36.0 Å². The van der Waals surface area contributed by atoms with Crippen LogP contribution in [0.1, 0.15) is 44.1 Å². The van der Waals surface area contributed by atoms with Gasteiger partial charge in [-0.25, -0.2) is 0 Å². The summed E-state index contributed by atoms with van der Waals surface area (Å²) in [7, 11) is 0. The van der Waals surface area contributed by atoms with E-state index in [1.54, 1.807) is 0 Å². The monoisotopic (exact) mass is 399 g/mol. The maximum Gasteiger partial charge on any atom is 0.224 e. The number of ether oxygens (including phenoxy) is 2. The fourth-order valence-corrected chi connectivity index (χ4v) is 4.69. The maximum absolute atomic E-state index is 12.8. The van der Waals surface area contributed by atoms with Gasteiger partial charge in [0.15, 0.2) is 0 Å². The van der Waals surface area contributed by atoms with E-state index in [0.29, 0.717) is 25.6 Å². The number of amides is 1. The lowest BCUT2D eigenvalue weighted by molar-refractivity contribution is -0.132. The van der Waals surface area contributed by atoms with Crippen LogP contribution < -0.4 is 5.32 Å². The van der Waals surface area contributed by atoms with E-state index in [0.717, 1.165) is 45.5 Å². The van der Waals surface area contributed by atoms with Crippen molar-refractivity contribution in [1.29, 1.82) is 0 Å². The minimum absolute atomic E-state index is 0.195. The Labute approximate surface area is 172 Å². The van der Waals surface area contributed by atoms with E-state index in [9.17, 15) is 4.79 Å². The minimum Gasteiger partial charge on any atom is -0.379 e. The number of para-hydroxylation sites is 1. The second-order valence-electron chi connectivity index (χ2n) is 8.18. The Morgan fingerprint density at radius 1 is 1.21 bits per heavy atom. The second kappa shape index (κ2) is 9.74. The first-order valence-electron chi connectivity index (χ1n) is 11.0. The van der Waals surface area contributed by atoms with Crippen LogP contribution in [0.2, 0.25) is 0 Å². The Balaban J connectivity index is 1.21. The number of nitrogens with one attached hydrogen (secondary N) is 2. The minimum atomic E-state index is 0.195. The smallest absolute Gasteiger partial charge is 0.224 e. The normalized spacial score (nSPS) is 23.1. The summed E-state index contributed by atoms with van der Waals surface area (Å²) in [6.45, 7) is 6.51. The third-order valence-electron chi connectivity index (χ3n) is 6.30. The summed E-state index contributed by atoms with van der Waals surface area (Å²) in [5.74, 6) is 0.803. The molecule has 2 atom stereocenters. The third kappa shape index (κ3) is 5.00. The van der Waals surface area contributed by atoms with E-state index in [1.165, 1.54) is 16.5 Å². The van der Waals surface area contributed by atoms with Crippen LogP contribution in [0.4, 0.5) is 0 Å². The number of fused-ring (bicyclic) bond motifs is 1. The predicted molar refractivity (Wildman–Crippen MR) is 114 cm³/mol. The number of piperidine rings is 1. The van der Waals surface area contributed by atoms with Gasteiger partial charge in [0.05, 0.1) is 19.3 Å². The SMILES string of the molecule is CCOCCO[C@H]1CN[C@H](CC(=O)N2CCC(c3c[nH]c4ccccc34)CC2)C1. The molecule has 0 aliphatic carbocycles. The van der Waals surface area contributed by atoms with Crippen molar-refractivity contribution in [3.8, 4) is 0 Å². The summed E-state index contributed by atoms with van der Waals surface area (Å²) < 4.78 is 11.2. The first-order chi connectivity index (χ1) is 14.2. The number of carbonyl (C=O) groups is 1. The molecule has 2 N–H and O–H groups in total. The van der Waals surface area contributed by atoms with Crippen LogP contribution in [-0.2, 0) is 14.3 Å². The van der Waals surface area contributed by atoms with Gasteiger partial charge >= 0.3 is 0 Å². The lowest BCUT2D eigenvalue weighted by Gasteiger charge is -2.32. The van der Waals surface area contributed by atoms with Crippen LogP contribution >= 0.6 is 0 Å². The summed E-state index contributed by atoms with van der Waals surface area (Å²) in [6, 6.07) is 8.71. The molecule has 6 nitrogen and oxygen atoms in total. The van der Waals surface area contributed by atoms with Crippen molar-refractivity contribution in [1.82, 2.24) is 15.2 Å². The highest BCUT2D eigenvalue weighted by molar-refractivity contribution is 5.83.